The van der Waals surface area contributed by atoms with Gasteiger partial charge in [0, 0.05) is 18.2 Å². The quantitative estimate of drug-likeness (QED) is 0.656. The number of morpholine rings is 1. The van der Waals surface area contributed by atoms with Crippen molar-refractivity contribution in [3.63, 3.8) is 0 Å². The van der Waals surface area contributed by atoms with Gasteiger partial charge in [-0.1, -0.05) is 0 Å². The van der Waals surface area contributed by atoms with Crippen molar-refractivity contribution < 1.29 is 32.6 Å². The molecule has 6 rings (SSSR count). The number of amides is 2. The van der Waals surface area contributed by atoms with Crippen molar-refractivity contribution in [2.24, 2.45) is 0 Å². The van der Waals surface area contributed by atoms with E-state index in [1.54, 1.807) is 4.90 Å². The van der Waals surface area contributed by atoms with E-state index in [9.17, 15) is 18.4 Å². The van der Waals surface area contributed by atoms with Crippen molar-refractivity contribution in [1.29, 1.82) is 0 Å². The molecule has 2 bridgehead atoms. The Morgan fingerprint density at radius 1 is 1.12 bits per heavy atom. The van der Waals surface area contributed by atoms with Gasteiger partial charge in [0.1, 0.15) is 12.4 Å². The molecule has 1 spiro atoms. The zero-order chi connectivity index (χ0) is 22.3. The van der Waals surface area contributed by atoms with E-state index in [-0.39, 0.29) is 55.3 Å². The van der Waals surface area contributed by atoms with E-state index in [2.05, 4.69) is 5.32 Å². The van der Waals surface area contributed by atoms with Crippen LogP contribution in [-0.2, 0) is 19.1 Å². The van der Waals surface area contributed by atoms with Crippen LogP contribution in [-0.4, -0.2) is 67.4 Å². The van der Waals surface area contributed by atoms with Gasteiger partial charge in [-0.05, 0) is 44.1 Å². The third-order valence-corrected chi connectivity index (χ3v) is 7.32. The molecule has 1 aromatic carbocycles. The van der Waals surface area contributed by atoms with Crippen LogP contribution in [0.15, 0.2) is 12.1 Å². The summed E-state index contributed by atoms with van der Waals surface area (Å²) in [7, 11) is 0. The molecule has 0 unspecified atom stereocenters. The zero-order valence-electron chi connectivity index (χ0n) is 17.9. The second-order valence-corrected chi connectivity index (χ2v) is 9.26. The number of carbonyl (C=O) groups is 2. The Bertz CT molecular complexity index is 905. The van der Waals surface area contributed by atoms with Gasteiger partial charge in [0.25, 0.3) is 0 Å². The minimum Gasteiger partial charge on any atom is -0.490 e. The van der Waals surface area contributed by atoms with Gasteiger partial charge in [-0.15, -0.1) is 0 Å². The van der Waals surface area contributed by atoms with Gasteiger partial charge in [0.15, 0.2) is 11.6 Å². The molecule has 1 aromatic rings. The van der Waals surface area contributed by atoms with Crippen molar-refractivity contribution in [1.82, 2.24) is 10.2 Å². The molecule has 3 fully saturated rings. The SMILES string of the molecule is O=C1COC[C@@]2(CCN3C(=O)CCOc4c(F)cc(F)cc4C4CCC(CC4)OC[C@H]32)N1. The van der Waals surface area contributed by atoms with Gasteiger partial charge >= 0.3 is 0 Å². The van der Waals surface area contributed by atoms with Crippen LogP contribution in [0, 0.1) is 11.6 Å². The van der Waals surface area contributed by atoms with E-state index in [0.29, 0.717) is 31.7 Å². The van der Waals surface area contributed by atoms with Crippen molar-refractivity contribution in [2.75, 3.05) is 33.0 Å². The van der Waals surface area contributed by atoms with Crippen molar-refractivity contribution in [3.8, 4) is 5.75 Å². The summed E-state index contributed by atoms with van der Waals surface area (Å²) < 4.78 is 46.0. The van der Waals surface area contributed by atoms with E-state index in [1.165, 1.54) is 6.07 Å². The first-order chi connectivity index (χ1) is 15.4. The lowest BCUT2D eigenvalue weighted by atomic mass is 9.82. The summed E-state index contributed by atoms with van der Waals surface area (Å²) >= 11 is 0. The summed E-state index contributed by atoms with van der Waals surface area (Å²) in [4.78, 5) is 26.9. The molecule has 7 nitrogen and oxygen atoms in total. The van der Waals surface area contributed by atoms with Crippen LogP contribution in [0.1, 0.15) is 50.0 Å². The Morgan fingerprint density at radius 3 is 2.72 bits per heavy atom. The third kappa shape index (κ3) is 3.96. The summed E-state index contributed by atoms with van der Waals surface area (Å²) in [5.41, 5.74) is -0.123. The summed E-state index contributed by atoms with van der Waals surface area (Å²) in [6.45, 7) is 1.13. The van der Waals surface area contributed by atoms with Gasteiger partial charge < -0.3 is 24.4 Å². The largest absolute Gasteiger partial charge is 0.490 e. The predicted molar refractivity (Wildman–Crippen MR) is 109 cm³/mol. The number of nitrogens with zero attached hydrogens (tertiary/aromatic N) is 1. The van der Waals surface area contributed by atoms with E-state index >= 15 is 0 Å². The second-order valence-electron chi connectivity index (χ2n) is 9.26. The molecule has 174 valence electrons. The smallest absolute Gasteiger partial charge is 0.246 e. The number of rotatable bonds is 0. The van der Waals surface area contributed by atoms with Gasteiger partial charge in [-0.25, -0.2) is 8.78 Å². The molecule has 9 heteroatoms. The number of hydrogen-bond acceptors (Lipinski definition) is 5. The lowest BCUT2D eigenvalue weighted by Gasteiger charge is -2.41. The van der Waals surface area contributed by atoms with Crippen LogP contribution in [0.2, 0.25) is 0 Å². The molecule has 1 N–H and O–H groups in total. The Morgan fingerprint density at radius 2 is 1.94 bits per heavy atom. The lowest BCUT2D eigenvalue weighted by Crippen LogP contribution is -2.65. The summed E-state index contributed by atoms with van der Waals surface area (Å²) in [6.07, 6.45) is 3.60. The highest BCUT2D eigenvalue weighted by atomic mass is 19.1. The van der Waals surface area contributed by atoms with Crippen LogP contribution < -0.4 is 10.1 Å². The van der Waals surface area contributed by atoms with Crippen molar-refractivity contribution in [2.45, 2.75) is 62.1 Å². The molecule has 4 heterocycles. The maximum atomic E-state index is 14.6. The van der Waals surface area contributed by atoms with Crippen LogP contribution in [0.4, 0.5) is 8.78 Å². The normalized spacial score (nSPS) is 33.3. The fraction of sp³-hybridized carbons (Fsp3) is 0.652. The Kier molecular flexibility index (Phi) is 5.79. The molecular weight excluding hydrogens is 422 g/mol. The van der Waals surface area contributed by atoms with Crippen molar-refractivity contribution >= 4 is 11.8 Å². The first kappa shape index (κ1) is 21.6. The number of carbonyl (C=O) groups excluding carboxylic acids is 2. The molecule has 2 amide bonds. The minimum absolute atomic E-state index is 0.00761. The highest BCUT2D eigenvalue weighted by molar-refractivity contribution is 5.80. The fourth-order valence-corrected chi connectivity index (χ4v) is 5.67. The molecule has 0 radical (unpaired) electrons. The third-order valence-electron chi connectivity index (χ3n) is 7.32. The average molecular weight is 450 g/mol. The second kappa shape index (κ2) is 8.59. The molecular formula is C23H28F2N2O5. The summed E-state index contributed by atoms with van der Waals surface area (Å²) in [5, 5.41) is 3.06. The molecule has 0 aromatic heterocycles. The Hall–Kier alpha value is -2.26. The first-order valence-corrected chi connectivity index (χ1v) is 11.4. The maximum absolute atomic E-state index is 14.6. The van der Waals surface area contributed by atoms with E-state index in [0.717, 1.165) is 31.7 Å². The lowest BCUT2D eigenvalue weighted by molar-refractivity contribution is -0.143. The van der Waals surface area contributed by atoms with E-state index in [1.807, 2.05) is 0 Å². The predicted octanol–water partition coefficient (Wildman–Crippen LogP) is 2.28. The van der Waals surface area contributed by atoms with E-state index < -0.39 is 17.2 Å². The van der Waals surface area contributed by atoms with Crippen LogP contribution in [0.3, 0.4) is 0 Å². The van der Waals surface area contributed by atoms with E-state index in [4.69, 9.17) is 14.2 Å². The highest BCUT2D eigenvalue weighted by Gasteiger charge is 2.52. The summed E-state index contributed by atoms with van der Waals surface area (Å²) in [5.74, 6) is -1.67. The van der Waals surface area contributed by atoms with Gasteiger partial charge in [0.05, 0.1) is 43.9 Å². The molecule has 1 aliphatic carbocycles. The molecule has 2 atom stereocenters. The number of ether oxygens (including phenoxy) is 3. The Balaban J connectivity index is 1.42. The standard InChI is InChI=1S/C23H28F2N2O5/c24-15-9-17-14-1-3-16(4-2-14)32-11-19-23(13-30-12-20(28)26-23)6-7-27(19)21(29)5-8-31-22(17)18(25)10-15/h9-10,14,16,19H,1-8,11-13H2,(H,26,28)/t14?,16?,19-,23+/m0/s1. The number of halogens is 2. The fourth-order valence-electron chi connectivity index (χ4n) is 5.67. The number of fused-ring (bicyclic) bond motifs is 6. The highest BCUT2D eigenvalue weighted by Crippen LogP contribution is 2.41. The number of benzene rings is 1. The summed E-state index contributed by atoms with van der Waals surface area (Å²) in [6, 6.07) is 1.84. The van der Waals surface area contributed by atoms with Gasteiger partial charge in [-0.3, -0.25) is 9.59 Å². The topological polar surface area (TPSA) is 77.1 Å². The van der Waals surface area contributed by atoms with Crippen molar-refractivity contribution in [3.05, 3.63) is 29.3 Å². The molecule has 32 heavy (non-hydrogen) atoms. The average Bonchev–Trinajstić information content (AvgIpc) is 3.10. The van der Waals surface area contributed by atoms with Gasteiger partial charge in [0.2, 0.25) is 11.8 Å². The van der Waals surface area contributed by atoms with Crippen LogP contribution >= 0.6 is 0 Å². The molecule has 2 saturated heterocycles. The maximum Gasteiger partial charge on any atom is 0.246 e. The number of nitrogens with one attached hydrogen (secondary N) is 1. The van der Waals surface area contributed by atoms with Crippen LogP contribution in [0.5, 0.6) is 5.75 Å². The Labute approximate surface area is 185 Å². The van der Waals surface area contributed by atoms with Crippen LogP contribution in [0.25, 0.3) is 0 Å². The molecule has 4 aliphatic heterocycles. The molecule has 5 aliphatic rings. The number of hydrogen-bond donors (Lipinski definition) is 1. The monoisotopic (exact) mass is 450 g/mol. The van der Waals surface area contributed by atoms with Gasteiger partial charge in [-0.2, -0.15) is 0 Å². The zero-order valence-corrected chi connectivity index (χ0v) is 17.9. The first-order valence-electron chi connectivity index (χ1n) is 11.4. The molecule has 1 saturated carbocycles. The minimum atomic E-state index is -0.738.